The Labute approximate surface area is 125 Å². The van der Waals surface area contributed by atoms with Gasteiger partial charge in [0.05, 0.1) is 6.61 Å². The third kappa shape index (κ3) is 3.36. The average molecular weight is 285 g/mol. The van der Waals surface area contributed by atoms with Gasteiger partial charge < -0.3 is 15.2 Å². The van der Waals surface area contributed by atoms with Crippen LogP contribution in [-0.2, 0) is 6.42 Å². The number of fused-ring (bicyclic) bond motifs is 1. The minimum Gasteiger partial charge on any atom is -0.493 e. The molecule has 0 amide bonds. The predicted molar refractivity (Wildman–Crippen MR) is 85.8 cm³/mol. The summed E-state index contributed by atoms with van der Waals surface area (Å²) in [7, 11) is 0. The third-order valence-electron chi connectivity index (χ3n) is 4.23. The lowest BCUT2D eigenvalue weighted by Gasteiger charge is -2.23. The molecule has 3 heteroatoms. The summed E-state index contributed by atoms with van der Waals surface area (Å²) < 4.78 is 6.09. The Morgan fingerprint density at radius 3 is 2.90 bits per heavy atom. The second kappa shape index (κ2) is 6.92. The number of piperidine rings is 1. The van der Waals surface area contributed by atoms with Gasteiger partial charge in [0.2, 0.25) is 0 Å². The first kappa shape index (κ1) is 14.4. The van der Waals surface area contributed by atoms with Gasteiger partial charge in [0.25, 0.3) is 0 Å². The first-order valence-electron chi connectivity index (χ1n) is 7.83. The third-order valence-corrected chi connectivity index (χ3v) is 4.23. The van der Waals surface area contributed by atoms with E-state index in [0.29, 0.717) is 12.3 Å². The maximum Gasteiger partial charge on any atom is 0.123 e. The molecule has 1 heterocycles. The first-order chi connectivity index (χ1) is 10.4. The highest BCUT2D eigenvalue weighted by Crippen LogP contribution is 2.29. The number of hydrogen-bond donors (Lipinski definition) is 2. The topological polar surface area (TPSA) is 41.5 Å². The van der Waals surface area contributed by atoms with Crippen LogP contribution in [0.1, 0.15) is 18.4 Å². The van der Waals surface area contributed by atoms with Gasteiger partial charge in [0, 0.05) is 24.6 Å². The molecule has 1 aliphatic heterocycles. The molecule has 0 saturated carbocycles. The zero-order chi connectivity index (χ0) is 14.5. The fourth-order valence-corrected chi connectivity index (χ4v) is 3.09. The molecule has 2 N–H and O–H groups in total. The van der Waals surface area contributed by atoms with Crippen molar-refractivity contribution in [2.75, 3.05) is 26.3 Å². The average Bonchev–Trinajstić information content (AvgIpc) is 2.55. The van der Waals surface area contributed by atoms with Gasteiger partial charge in [0.15, 0.2) is 0 Å². The minimum absolute atomic E-state index is 0.148. The van der Waals surface area contributed by atoms with E-state index in [1.165, 1.54) is 23.6 Å². The van der Waals surface area contributed by atoms with Crippen LogP contribution < -0.4 is 10.1 Å². The molecule has 1 unspecified atom stereocenters. The number of nitrogens with one attached hydrogen (secondary N) is 1. The number of hydrogen-bond acceptors (Lipinski definition) is 3. The molecule has 3 rings (SSSR count). The molecule has 2 aromatic rings. The lowest BCUT2D eigenvalue weighted by atomic mass is 10.00. The van der Waals surface area contributed by atoms with Crippen LogP contribution >= 0.6 is 0 Å². The van der Waals surface area contributed by atoms with Gasteiger partial charge in [-0.3, -0.25) is 0 Å². The summed E-state index contributed by atoms with van der Waals surface area (Å²) in [5, 5.41) is 15.2. The first-order valence-corrected chi connectivity index (χ1v) is 7.83. The number of rotatable bonds is 5. The van der Waals surface area contributed by atoms with Gasteiger partial charge in [-0.25, -0.2) is 0 Å². The molecule has 0 bridgehead atoms. The molecule has 2 aromatic carbocycles. The van der Waals surface area contributed by atoms with Crippen LogP contribution in [-0.4, -0.2) is 31.4 Å². The van der Waals surface area contributed by atoms with Gasteiger partial charge in [-0.15, -0.1) is 0 Å². The summed E-state index contributed by atoms with van der Waals surface area (Å²) in [6.45, 7) is 3.07. The number of aliphatic hydroxyl groups excluding tert-OH is 1. The maximum atomic E-state index is 9.35. The van der Waals surface area contributed by atoms with E-state index in [2.05, 4.69) is 23.5 Å². The van der Waals surface area contributed by atoms with Crippen LogP contribution in [0.2, 0.25) is 0 Å². The van der Waals surface area contributed by atoms with E-state index in [1.54, 1.807) is 0 Å². The standard InChI is InChI=1S/C18H23NO2/c20-11-9-17-16-6-2-1-5-15(16)7-8-18(17)21-13-14-4-3-10-19-12-14/h1-2,5-8,14,19-20H,3-4,9-13H2. The quantitative estimate of drug-likeness (QED) is 0.887. The van der Waals surface area contributed by atoms with Crippen molar-refractivity contribution in [3.63, 3.8) is 0 Å². The van der Waals surface area contributed by atoms with E-state index >= 15 is 0 Å². The Bertz CT molecular complexity index is 591. The van der Waals surface area contributed by atoms with Crippen molar-refractivity contribution in [1.29, 1.82) is 0 Å². The van der Waals surface area contributed by atoms with Crippen LogP contribution in [0.25, 0.3) is 10.8 Å². The Morgan fingerprint density at radius 2 is 2.10 bits per heavy atom. The summed E-state index contributed by atoms with van der Waals surface area (Å²) in [5.41, 5.74) is 1.12. The van der Waals surface area contributed by atoms with Crippen LogP contribution in [0.15, 0.2) is 36.4 Å². The zero-order valence-electron chi connectivity index (χ0n) is 12.3. The smallest absolute Gasteiger partial charge is 0.123 e. The molecule has 1 fully saturated rings. The Kier molecular flexibility index (Phi) is 4.73. The van der Waals surface area contributed by atoms with Gasteiger partial charge in [-0.2, -0.15) is 0 Å². The predicted octanol–water partition coefficient (Wildman–Crippen LogP) is 2.75. The molecule has 1 atom stereocenters. The monoisotopic (exact) mass is 285 g/mol. The minimum atomic E-state index is 0.148. The Hall–Kier alpha value is -1.58. The largest absolute Gasteiger partial charge is 0.493 e. The molecule has 0 radical (unpaired) electrons. The van der Waals surface area contributed by atoms with Crippen molar-refractivity contribution in [3.05, 3.63) is 42.0 Å². The molecule has 1 aliphatic rings. The fourth-order valence-electron chi connectivity index (χ4n) is 3.09. The van der Waals surface area contributed by atoms with E-state index < -0.39 is 0 Å². The van der Waals surface area contributed by atoms with Crippen molar-refractivity contribution in [1.82, 2.24) is 5.32 Å². The molecule has 0 spiro atoms. The van der Waals surface area contributed by atoms with E-state index in [9.17, 15) is 5.11 Å². The molecule has 3 nitrogen and oxygen atoms in total. The number of ether oxygens (including phenoxy) is 1. The summed E-state index contributed by atoms with van der Waals surface area (Å²) in [5.74, 6) is 1.51. The molecule has 21 heavy (non-hydrogen) atoms. The molecule has 112 valence electrons. The second-order valence-corrected chi connectivity index (χ2v) is 5.76. The molecule has 0 aromatic heterocycles. The number of aliphatic hydroxyl groups is 1. The molecule has 1 saturated heterocycles. The Morgan fingerprint density at radius 1 is 1.19 bits per heavy atom. The normalized spacial score (nSPS) is 18.8. The highest BCUT2D eigenvalue weighted by atomic mass is 16.5. The summed E-state index contributed by atoms with van der Waals surface area (Å²) in [6.07, 6.45) is 3.10. The fraction of sp³-hybridized carbons (Fsp3) is 0.444. The second-order valence-electron chi connectivity index (χ2n) is 5.76. The van der Waals surface area contributed by atoms with E-state index in [4.69, 9.17) is 4.74 Å². The summed E-state index contributed by atoms with van der Waals surface area (Å²) in [6, 6.07) is 12.4. The zero-order valence-corrected chi connectivity index (χ0v) is 12.3. The van der Waals surface area contributed by atoms with E-state index in [1.807, 2.05) is 18.2 Å². The Balaban J connectivity index is 1.81. The maximum absolute atomic E-state index is 9.35. The van der Waals surface area contributed by atoms with Crippen molar-refractivity contribution in [2.45, 2.75) is 19.3 Å². The van der Waals surface area contributed by atoms with Crippen LogP contribution in [0.4, 0.5) is 0 Å². The van der Waals surface area contributed by atoms with E-state index in [-0.39, 0.29) is 6.61 Å². The van der Waals surface area contributed by atoms with Crippen molar-refractivity contribution >= 4 is 10.8 Å². The van der Waals surface area contributed by atoms with Crippen molar-refractivity contribution in [2.24, 2.45) is 5.92 Å². The van der Waals surface area contributed by atoms with E-state index in [0.717, 1.165) is 31.0 Å². The summed E-state index contributed by atoms with van der Waals surface area (Å²) >= 11 is 0. The van der Waals surface area contributed by atoms with Crippen LogP contribution in [0, 0.1) is 5.92 Å². The van der Waals surface area contributed by atoms with Gasteiger partial charge in [-0.1, -0.05) is 30.3 Å². The van der Waals surface area contributed by atoms with Crippen molar-refractivity contribution < 1.29 is 9.84 Å². The lowest BCUT2D eigenvalue weighted by Crippen LogP contribution is -2.33. The molecular weight excluding hydrogens is 262 g/mol. The SMILES string of the molecule is OCCc1c(OCC2CCCNC2)ccc2ccccc12. The van der Waals surface area contributed by atoms with Crippen LogP contribution in [0.5, 0.6) is 5.75 Å². The van der Waals surface area contributed by atoms with Gasteiger partial charge in [0.1, 0.15) is 5.75 Å². The molecular formula is C18H23NO2. The van der Waals surface area contributed by atoms with Gasteiger partial charge >= 0.3 is 0 Å². The molecule has 0 aliphatic carbocycles. The lowest BCUT2D eigenvalue weighted by molar-refractivity contribution is 0.216. The van der Waals surface area contributed by atoms with Crippen molar-refractivity contribution in [3.8, 4) is 5.75 Å². The highest BCUT2D eigenvalue weighted by Gasteiger charge is 2.15. The van der Waals surface area contributed by atoms with Crippen LogP contribution in [0.3, 0.4) is 0 Å². The number of benzene rings is 2. The van der Waals surface area contributed by atoms with Gasteiger partial charge in [-0.05, 0) is 42.6 Å². The summed E-state index contributed by atoms with van der Waals surface area (Å²) in [4.78, 5) is 0. The highest BCUT2D eigenvalue weighted by molar-refractivity contribution is 5.87.